The van der Waals surface area contributed by atoms with E-state index in [1.165, 1.54) is 0 Å². The summed E-state index contributed by atoms with van der Waals surface area (Å²) < 4.78 is 6.63. The third-order valence-corrected chi connectivity index (χ3v) is 4.90. The fourth-order valence-electron chi connectivity index (χ4n) is 2.51. The molecule has 0 aliphatic carbocycles. The van der Waals surface area contributed by atoms with Crippen LogP contribution in [0.4, 0.5) is 0 Å². The molecule has 3 aromatic rings. The van der Waals surface area contributed by atoms with E-state index in [2.05, 4.69) is 26.5 Å². The first-order valence-electron chi connectivity index (χ1n) is 8.59. The monoisotopic (exact) mass is 456 g/mol. The van der Waals surface area contributed by atoms with Crippen molar-refractivity contribution >= 4 is 39.7 Å². The molecule has 142 valence electrons. The molecular formula is C22H18BrClN2O2. The zero-order valence-electron chi connectivity index (χ0n) is 15.2. The van der Waals surface area contributed by atoms with Gasteiger partial charge in [-0.05, 0) is 75.9 Å². The third-order valence-electron chi connectivity index (χ3n) is 4.03. The lowest BCUT2D eigenvalue weighted by atomic mass is 10.1. The summed E-state index contributed by atoms with van der Waals surface area (Å²) in [6.07, 6.45) is 1.59. The normalized spacial score (nSPS) is 10.8. The van der Waals surface area contributed by atoms with Crippen molar-refractivity contribution in [3.8, 4) is 5.75 Å². The van der Waals surface area contributed by atoms with Crippen molar-refractivity contribution in [1.82, 2.24) is 5.43 Å². The van der Waals surface area contributed by atoms with Gasteiger partial charge in [-0.15, -0.1) is 0 Å². The summed E-state index contributed by atoms with van der Waals surface area (Å²) in [6, 6.07) is 20.5. The highest BCUT2D eigenvalue weighted by Gasteiger charge is 2.07. The van der Waals surface area contributed by atoms with Crippen LogP contribution in [0.2, 0.25) is 5.02 Å². The second kappa shape index (κ2) is 9.53. The third kappa shape index (κ3) is 5.44. The number of halogens is 2. The average Bonchev–Trinajstić information content (AvgIpc) is 2.69. The van der Waals surface area contributed by atoms with Gasteiger partial charge in [-0.1, -0.05) is 41.9 Å². The maximum Gasteiger partial charge on any atom is 0.271 e. The van der Waals surface area contributed by atoms with Gasteiger partial charge in [-0.3, -0.25) is 4.79 Å². The number of benzene rings is 3. The highest BCUT2D eigenvalue weighted by molar-refractivity contribution is 9.10. The quantitative estimate of drug-likeness (QED) is 0.378. The molecule has 0 saturated carbocycles. The van der Waals surface area contributed by atoms with E-state index in [-0.39, 0.29) is 5.91 Å². The largest absolute Gasteiger partial charge is 0.488 e. The van der Waals surface area contributed by atoms with Gasteiger partial charge in [0.2, 0.25) is 0 Å². The highest BCUT2D eigenvalue weighted by Crippen LogP contribution is 2.26. The van der Waals surface area contributed by atoms with Gasteiger partial charge in [0.1, 0.15) is 12.4 Å². The molecule has 0 atom stereocenters. The minimum absolute atomic E-state index is 0.240. The molecule has 6 heteroatoms. The standard InChI is InChI=1S/C22H18BrClN2O2/c1-15-4-2-3-5-19(15)22(27)26-25-13-17-8-11-21(20(23)12-17)28-14-16-6-9-18(24)10-7-16/h2-13H,14H2,1H3,(H,26,27)/b25-13-. The maximum absolute atomic E-state index is 12.2. The molecule has 3 aromatic carbocycles. The molecular weight excluding hydrogens is 440 g/mol. The van der Waals surface area contributed by atoms with Crippen molar-refractivity contribution in [2.24, 2.45) is 5.10 Å². The molecule has 0 aliphatic rings. The summed E-state index contributed by atoms with van der Waals surface area (Å²) in [5.74, 6) is 0.479. The van der Waals surface area contributed by atoms with E-state index in [0.29, 0.717) is 17.2 Å². The molecule has 0 saturated heterocycles. The van der Waals surface area contributed by atoms with Crippen molar-refractivity contribution in [2.45, 2.75) is 13.5 Å². The molecule has 0 unspecified atom stereocenters. The van der Waals surface area contributed by atoms with E-state index < -0.39 is 0 Å². The zero-order chi connectivity index (χ0) is 19.9. The van der Waals surface area contributed by atoms with E-state index in [0.717, 1.165) is 26.9 Å². The van der Waals surface area contributed by atoms with Crippen LogP contribution in [0.25, 0.3) is 0 Å². The second-order valence-corrected chi connectivity index (χ2v) is 7.41. The fourth-order valence-corrected chi connectivity index (χ4v) is 3.15. The Morgan fingerprint density at radius 2 is 1.89 bits per heavy atom. The van der Waals surface area contributed by atoms with Gasteiger partial charge in [0.05, 0.1) is 10.7 Å². The number of hydrazone groups is 1. The van der Waals surface area contributed by atoms with Gasteiger partial charge < -0.3 is 4.74 Å². The Labute approximate surface area is 177 Å². The molecule has 1 amide bonds. The van der Waals surface area contributed by atoms with E-state index in [1.54, 1.807) is 12.3 Å². The maximum atomic E-state index is 12.2. The van der Waals surface area contributed by atoms with Crippen LogP contribution in [0.15, 0.2) is 76.3 Å². The highest BCUT2D eigenvalue weighted by atomic mass is 79.9. The van der Waals surface area contributed by atoms with Crippen LogP contribution in [0.3, 0.4) is 0 Å². The van der Waals surface area contributed by atoms with Crippen LogP contribution in [-0.4, -0.2) is 12.1 Å². The number of aryl methyl sites for hydroxylation is 1. The number of carbonyl (C=O) groups excluding carboxylic acids is 1. The molecule has 0 spiro atoms. The Bertz CT molecular complexity index is 1000. The fraction of sp³-hybridized carbons (Fsp3) is 0.0909. The Hall–Kier alpha value is -2.63. The molecule has 1 N–H and O–H groups in total. The number of amides is 1. The molecule has 0 radical (unpaired) electrons. The number of hydrogen-bond donors (Lipinski definition) is 1. The summed E-state index contributed by atoms with van der Waals surface area (Å²) in [4.78, 5) is 12.2. The predicted molar refractivity (Wildman–Crippen MR) is 116 cm³/mol. The molecule has 0 aliphatic heterocycles. The summed E-state index contributed by atoms with van der Waals surface area (Å²) in [5.41, 5.74) is 5.91. The van der Waals surface area contributed by atoms with Crippen molar-refractivity contribution < 1.29 is 9.53 Å². The lowest BCUT2D eigenvalue weighted by Gasteiger charge is -2.09. The molecule has 28 heavy (non-hydrogen) atoms. The smallest absolute Gasteiger partial charge is 0.271 e. The number of rotatable bonds is 6. The van der Waals surface area contributed by atoms with E-state index >= 15 is 0 Å². The van der Waals surface area contributed by atoms with Gasteiger partial charge in [0, 0.05) is 10.6 Å². The second-order valence-electron chi connectivity index (χ2n) is 6.12. The first-order valence-corrected chi connectivity index (χ1v) is 9.76. The minimum atomic E-state index is -0.240. The number of nitrogens with zero attached hydrogens (tertiary/aromatic N) is 1. The van der Waals surface area contributed by atoms with E-state index in [1.807, 2.05) is 67.6 Å². The number of nitrogens with one attached hydrogen (secondary N) is 1. The summed E-state index contributed by atoms with van der Waals surface area (Å²) in [7, 11) is 0. The first-order chi connectivity index (χ1) is 13.5. The Morgan fingerprint density at radius 3 is 2.61 bits per heavy atom. The summed E-state index contributed by atoms with van der Waals surface area (Å²) >= 11 is 9.39. The van der Waals surface area contributed by atoms with Gasteiger partial charge in [0.15, 0.2) is 0 Å². The van der Waals surface area contributed by atoms with Gasteiger partial charge in [-0.2, -0.15) is 5.10 Å². The topological polar surface area (TPSA) is 50.7 Å². The molecule has 0 heterocycles. The Morgan fingerprint density at radius 1 is 1.14 bits per heavy atom. The van der Waals surface area contributed by atoms with Crippen molar-refractivity contribution in [2.75, 3.05) is 0 Å². The van der Waals surface area contributed by atoms with Crippen molar-refractivity contribution in [3.05, 3.63) is 98.5 Å². The molecule has 0 bridgehead atoms. The van der Waals surface area contributed by atoms with Crippen molar-refractivity contribution in [1.29, 1.82) is 0 Å². The minimum Gasteiger partial charge on any atom is -0.488 e. The van der Waals surface area contributed by atoms with Crippen LogP contribution in [-0.2, 0) is 6.61 Å². The van der Waals surface area contributed by atoms with Crippen LogP contribution < -0.4 is 10.2 Å². The lowest BCUT2D eigenvalue weighted by molar-refractivity contribution is 0.0954. The van der Waals surface area contributed by atoms with Crippen LogP contribution >= 0.6 is 27.5 Å². The van der Waals surface area contributed by atoms with E-state index in [9.17, 15) is 4.79 Å². The van der Waals surface area contributed by atoms with Gasteiger partial charge in [0.25, 0.3) is 5.91 Å². The lowest BCUT2D eigenvalue weighted by Crippen LogP contribution is -2.18. The molecule has 4 nitrogen and oxygen atoms in total. The van der Waals surface area contributed by atoms with Crippen LogP contribution in [0, 0.1) is 6.92 Å². The molecule has 0 aromatic heterocycles. The average molecular weight is 458 g/mol. The number of hydrogen-bond acceptors (Lipinski definition) is 3. The number of carbonyl (C=O) groups is 1. The summed E-state index contributed by atoms with van der Waals surface area (Å²) in [5, 5.41) is 4.73. The van der Waals surface area contributed by atoms with Gasteiger partial charge >= 0.3 is 0 Å². The van der Waals surface area contributed by atoms with Gasteiger partial charge in [-0.25, -0.2) is 5.43 Å². The zero-order valence-corrected chi connectivity index (χ0v) is 17.5. The first kappa shape index (κ1) is 20.1. The predicted octanol–water partition coefficient (Wildman–Crippen LogP) is 5.75. The van der Waals surface area contributed by atoms with Crippen LogP contribution in [0.1, 0.15) is 27.0 Å². The Kier molecular flexibility index (Phi) is 6.85. The van der Waals surface area contributed by atoms with Crippen molar-refractivity contribution in [3.63, 3.8) is 0 Å². The SMILES string of the molecule is Cc1ccccc1C(=O)N/N=C\c1ccc(OCc2ccc(Cl)cc2)c(Br)c1. The molecule has 0 fully saturated rings. The van der Waals surface area contributed by atoms with Crippen LogP contribution in [0.5, 0.6) is 5.75 Å². The molecule has 3 rings (SSSR count). The Balaban J connectivity index is 1.59. The summed E-state index contributed by atoms with van der Waals surface area (Å²) in [6.45, 7) is 2.33. The van der Waals surface area contributed by atoms with E-state index in [4.69, 9.17) is 16.3 Å². The number of ether oxygens (including phenoxy) is 1.